The van der Waals surface area contributed by atoms with Crippen LogP contribution in [0.3, 0.4) is 0 Å². The van der Waals surface area contributed by atoms with E-state index in [1.807, 2.05) is 0 Å². The van der Waals surface area contributed by atoms with Crippen LogP contribution in [0, 0.1) is 0 Å². The van der Waals surface area contributed by atoms with Crippen LogP contribution >= 0.6 is 11.6 Å². The number of nitrogens with two attached hydrogens (primary N) is 1. The zero-order chi connectivity index (χ0) is 15.3. The summed E-state index contributed by atoms with van der Waals surface area (Å²) in [6.45, 7) is 0.352. The lowest BCUT2D eigenvalue weighted by Crippen LogP contribution is -2.24. The molecule has 0 aliphatic heterocycles. The first kappa shape index (κ1) is 16.1. The van der Waals surface area contributed by atoms with E-state index in [2.05, 4.69) is 10.1 Å². The molecule has 0 aliphatic carbocycles. The molecule has 7 heteroatoms. The van der Waals surface area contributed by atoms with Gasteiger partial charge in [-0.15, -0.1) is 0 Å². The summed E-state index contributed by atoms with van der Waals surface area (Å²) < 4.78 is 4.68. The van der Waals surface area contributed by atoms with Crippen molar-refractivity contribution < 1.29 is 14.3 Å². The predicted molar refractivity (Wildman–Crippen MR) is 79.0 cm³/mol. The molecule has 0 radical (unpaired) electrons. The molecule has 1 aromatic carbocycles. The molecule has 0 atom stereocenters. The second kappa shape index (κ2) is 7.00. The summed E-state index contributed by atoms with van der Waals surface area (Å²) in [5.74, 6) is -0.565. The first-order valence-corrected chi connectivity index (χ1v) is 6.36. The molecule has 110 valence electrons. The maximum atomic E-state index is 11.7. The molecule has 0 aliphatic rings. The van der Waals surface area contributed by atoms with Gasteiger partial charge in [-0.3, -0.25) is 4.79 Å². The SMILES string of the molecule is COC(=O)c1cc(N)cc(Cl)c1NCCC(=O)N(C)C. The van der Waals surface area contributed by atoms with Crippen LogP contribution in [0.4, 0.5) is 11.4 Å². The summed E-state index contributed by atoms with van der Waals surface area (Å²) in [5, 5.41) is 3.28. The van der Waals surface area contributed by atoms with Crippen LogP contribution in [0.2, 0.25) is 5.02 Å². The van der Waals surface area contributed by atoms with Crippen LogP contribution in [0.25, 0.3) is 0 Å². The number of carbonyl (C=O) groups excluding carboxylic acids is 2. The van der Waals surface area contributed by atoms with Crippen LogP contribution < -0.4 is 11.1 Å². The van der Waals surface area contributed by atoms with Crippen LogP contribution in [0.1, 0.15) is 16.8 Å². The molecule has 20 heavy (non-hydrogen) atoms. The Bertz CT molecular complexity index is 518. The normalized spacial score (nSPS) is 10.0. The second-order valence-corrected chi connectivity index (χ2v) is 4.79. The van der Waals surface area contributed by atoms with Gasteiger partial charge in [0, 0.05) is 32.7 Å². The lowest BCUT2D eigenvalue weighted by molar-refractivity contribution is -0.128. The van der Waals surface area contributed by atoms with Gasteiger partial charge in [0.15, 0.2) is 0 Å². The van der Waals surface area contributed by atoms with Crippen LogP contribution in [-0.4, -0.2) is 44.5 Å². The molecule has 0 spiro atoms. The Morgan fingerprint density at radius 3 is 2.60 bits per heavy atom. The number of nitrogens with zero attached hydrogens (tertiary/aromatic N) is 1. The smallest absolute Gasteiger partial charge is 0.340 e. The summed E-state index contributed by atoms with van der Waals surface area (Å²) in [6, 6.07) is 3.01. The highest BCUT2D eigenvalue weighted by Gasteiger charge is 2.16. The van der Waals surface area contributed by atoms with Gasteiger partial charge >= 0.3 is 5.97 Å². The van der Waals surface area contributed by atoms with E-state index in [4.69, 9.17) is 17.3 Å². The topological polar surface area (TPSA) is 84.7 Å². The molecule has 0 heterocycles. The molecular weight excluding hydrogens is 282 g/mol. The van der Waals surface area contributed by atoms with E-state index in [9.17, 15) is 9.59 Å². The van der Waals surface area contributed by atoms with Gasteiger partial charge in [-0.25, -0.2) is 4.79 Å². The number of benzene rings is 1. The second-order valence-electron chi connectivity index (χ2n) is 4.38. The molecule has 0 fully saturated rings. The number of hydrogen-bond donors (Lipinski definition) is 2. The third-order valence-corrected chi connectivity index (χ3v) is 2.96. The lowest BCUT2D eigenvalue weighted by Gasteiger charge is -2.15. The molecule has 1 amide bonds. The van der Waals surface area contributed by atoms with E-state index in [1.165, 1.54) is 24.1 Å². The lowest BCUT2D eigenvalue weighted by atomic mass is 10.1. The summed E-state index contributed by atoms with van der Waals surface area (Å²) in [5.41, 5.74) is 6.68. The number of halogens is 1. The number of anilines is 2. The van der Waals surface area contributed by atoms with Crippen molar-refractivity contribution >= 4 is 34.9 Å². The highest BCUT2D eigenvalue weighted by Crippen LogP contribution is 2.29. The van der Waals surface area contributed by atoms with Crippen LogP contribution in [0.15, 0.2) is 12.1 Å². The van der Waals surface area contributed by atoms with E-state index >= 15 is 0 Å². The number of amides is 1. The highest BCUT2D eigenvalue weighted by atomic mass is 35.5. The minimum absolute atomic E-state index is 0.0244. The maximum absolute atomic E-state index is 11.7. The first-order chi connectivity index (χ1) is 9.36. The largest absolute Gasteiger partial charge is 0.465 e. The minimum atomic E-state index is -0.541. The number of nitrogen functional groups attached to an aromatic ring is 1. The summed E-state index contributed by atoms with van der Waals surface area (Å²) >= 11 is 6.07. The van der Waals surface area contributed by atoms with Gasteiger partial charge in [-0.2, -0.15) is 0 Å². The number of carbonyl (C=O) groups is 2. The fourth-order valence-corrected chi connectivity index (χ4v) is 1.89. The van der Waals surface area contributed by atoms with E-state index in [1.54, 1.807) is 14.1 Å². The van der Waals surface area contributed by atoms with Crippen molar-refractivity contribution in [2.75, 3.05) is 38.8 Å². The maximum Gasteiger partial charge on any atom is 0.340 e. The van der Waals surface area contributed by atoms with Crippen molar-refractivity contribution in [1.82, 2.24) is 4.90 Å². The molecule has 0 saturated carbocycles. The minimum Gasteiger partial charge on any atom is -0.465 e. The predicted octanol–water partition coefficient (Wildman–Crippen LogP) is 1.60. The van der Waals surface area contributed by atoms with Crippen molar-refractivity contribution in [2.24, 2.45) is 0 Å². The average molecular weight is 300 g/mol. The number of hydrogen-bond acceptors (Lipinski definition) is 5. The summed E-state index contributed by atoms with van der Waals surface area (Å²) in [6.07, 6.45) is 0.286. The van der Waals surface area contributed by atoms with Crippen molar-refractivity contribution in [1.29, 1.82) is 0 Å². The Labute approximate surface area is 122 Å². The van der Waals surface area contributed by atoms with Gasteiger partial charge in [0.25, 0.3) is 0 Å². The Kier molecular flexibility index (Phi) is 5.64. The monoisotopic (exact) mass is 299 g/mol. The standard InChI is InChI=1S/C13H18ClN3O3/c1-17(2)11(18)4-5-16-12-9(13(19)20-3)6-8(15)7-10(12)14/h6-7,16H,4-5,15H2,1-3H3. The fraction of sp³-hybridized carbons (Fsp3) is 0.385. The Hall–Kier alpha value is -1.95. The molecule has 6 nitrogen and oxygen atoms in total. The van der Waals surface area contributed by atoms with Gasteiger partial charge in [-0.05, 0) is 12.1 Å². The molecule has 0 aromatic heterocycles. The summed E-state index contributed by atoms with van der Waals surface area (Å²) in [7, 11) is 4.63. The van der Waals surface area contributed by atoms with E-state index < -0.39 is 5.97 Å². The third-order valence-electron chi connectivity index (χ3n) is 2.66. The Morgan fingerprint density at radius 1 is 1.40 bits per heavy atom. The molecule has 1 aromatic rings. The Morgan fingerprint density at radius 2 is 2.05 bits per heavy atom. The van der Waals surface area contributed by atoms with Crippen LogP contribution in [0.5, 0.6) is 0 Å². The fourth-order valence-electron chi connectivity index (χ4n) is 1.60. The number of nitrogens with one attached hydrogen (secondary N) is 1. The third kappa shape index (κ3) is 4.03. The van der Waals surface area contributed by atoms with Crippen LogP contribution in [-0.2, 0) is 9.53 Å². The number of ether oxygens (including phenoxy) is 1. The molecule has 0 bridgehead atoms. The van der Waals surface area contributed by atoms with Crippen molar-refractivity contribution in [3.63, 3.8) is 0 Å². The highest BCUT2D eigenvalue weighted by molar-refractivity contribution is 6.34. The zero-order valence-corrected chi connectivity index (χ0v) is 12.5. The number of esters is 1. The van der Waals surface area contributed by atoms with Gasteiger partial charge in [0.2, 0.25) is 5.91 Å². The number of methoxy groups -OCH3 is 1. The van der Waals surface area contributed by atoms with Gasteiger partial charge in [0.05, 0.1) is 23.4 Å². The average Bonchev–Trinajstić information content (AvgIpc) is 2.39. The van der Waals surface area contributed by atoms with Crippen molar-refractivity contribution in [3.05, 3.63) is 22.7 Å². The molecule has 3 N–H and O–H groups in total. The molecule has 0 saturated heterocycles. The van der Waals surface area contributed by atoms with E-state index in [0.717, 1.165) is 0 Å². The van der Waals surface area contributed by atoms with Gasteiger partial charge in [-0.1, -0.05) is 11.6 Å². The van der Waals surface area contributed by atoms with Gasteiger partial charge < -0.3 is 20.7 Å². The first-order valence-electron chi connectivity index (χ1n) is 5.98. The molecule has 1 rings (SSSR count). The van der Waals surface area contributed by atoms with Gasteiger partial charge in [0.1, 0.15) is 0 Å². The Balaban J connectivity index is 2.88. The summed E-state index contributed by atoms with van der Waals surface area (Å²) in [4.78, 5) is 24.7. The van der Waals surface area contributed by atoms with Crippen molar-refractivity contribution in [3.8, 4) is 0 Å². The number of rotatable bonds is 5. The quantitative estimate of drug-likeness (QED) is 0.637. The molecular formula is C13H18ClN3O3. The van der Waals surface area contributed by atoms with Crippen molar-refractivity contribution in [2.45, 2.75) is 6.42 Å². The van der Waals surface area contributed by atoms with E-state index in [0.29, 0.717) is 22.9 Å². The van der Waals surface area contributed by atoms with E-state index in [-0.39, 0.29) is 17.9 Å². The zero-order valence-electron chi connectivity index (χ0n) is 11.7. The molecule has 0 unspecified atom stereocenters.